The van der Waals surface area contributed by atoms with Crippen molar-refractivity contribution in [3.63, 3.8) is 0 Å². The van der Waals surface area contributed by atoms with Crippen LogP contribution >= 0.6 is 11.8 Å². The van der Waals surface area contributed by atoms with Gasteiger partial charge in [0.15, 0.2) is 0 Å². The van der Waals surface area contributed by atoms with E-state index in [9.17, 15) is 9.59 Å². The molecule has 106 valence electrons. The maximum Gasteiger partial charge on any atom is 0.330 e. The maximum absolute atomic E-state index is 11.9. The predicted molar refractivity (Wildman–Crippen MR) is 80.0 cm³/mol. The Balaban J connectivity index is 2.35. The first kappa shape index (κ1) is 14.0. The van der Waals surface area contributed by atoms with Gasteiger partial charge in [-0.15, -0.1) is 0 Å². The topological polar surface area (TPSA) is 92.9 Å². The molecule has 1 fully saturated rings. The Labute approximate surface area is 115 Å². The molecule has 0 bridgehead atoms. The van der Waals surface area contributed by atoms with Crippen LogP contribution in [0.5, 0.6) is 0 Å². The van der Waals surface area contributed by atoms with Crippen LogP contribution in [0, 0.1) is 0 Å². The van der Waals surface area contributed by atoms with E-state index in [0.717, 1.165) is 19.3 Å². The predicted octanol–water partition coefficient (Wildman–Crippen LogP) is 0.835. The molecule has 0 aromatic carbocycles. The minimum Gasteiger partial charge on any atom is -0.383 e. The second kappa shape index (κ2) is 5.73. The van der Waals surface area contributed by atoms with Crippen LogP contribution < -0.4 is 22.3 Å². The van der Waals surface area contributed by atoms with Gasteiger partial charge < -0.3 is 11.1 Å². The lowest BCUT2D eigenvalue weighted by atomic mass is 10.2. The minimum atomic E-state index is -0.455. The molecule has 2 rings (SSSR count). The van der Waals surface area contributed by atoms with Crippen molar-refractivity contribution < 1.29 is 0 Å². The zero-order chi connectivity index (χ0) is 14.0. The number of aromatic nitrogens is 2. The van der Waals surface area contributed by atoms with E-state index >= 15 is 0 Å². The first-order valence-electron chi connectivity index (χ1n) is 6.50. The van der Waals surface area contributed by atoms with E-state index in [1.807, 2.05) is 6.92 Å². The summed E-state index contributed by atoms with van der Waals surface area (Å²) in [5.41, 5.74) is 5.37. The van der Waals surface area contributed by atoms with Gasteiger partial charge >= 0.3 is 5.69 Å². The van der Waals surface area contributed by atoms with Gasteiger partial charge in [-0.25, -0.2) is 4.79 Å². The van der Waals surface area contributed by atoms with E-state index in [0.29, 0.717) is 17.5 Å². The molecule has 1 aliphatic carbocycles. The Morgan fingerprint density at radius 3 is 2.84 bits per heavy atom. The summed E-state index contributed by atoms with van der Waals surface area (Å²) in [7, 11) is 0. The van der Waals surface area contributed by atoms with Gasteiger partial charge in [0.25, 0.3) is 5.56 Å². The van der Waals surface area contributed by atoms with Crippen molar-refractivity contribution >= 4 is 23.3 Å². The zero-order valence-corrected chi connectivity index (χ0v) is 12.0. The van der Waals surface area contributed by atoms with Crippen LogP contribution in [0.4, 0.5) is 11.5 Å². The second-order valence-electron chi connectivity index (χ2n) is 4.72. The smallest absolute Gasteiger partial charge is 0.330 e. The molecule has 1 aromatic heterocycles. The number of nitrogens with zero attached hydrogens (tertiary/aromatic N) is 1. The molecule has 1 saturated carbocycles. The van der Waals surface area contributed by atoms with Crippen LogP contribution in [0.3, 0.4) is 0 Å². The second-order valence-corrected chi connectivity index (χ2v) is 5.80. The molecule has 2 atom stereocenters. The largest absolute Gasteiger partial charge is 0.383 e. The lowest BCUT2D eigenvalue weighted by molar-refractivity contribution is 0.699. The standard InChI is InChI=1S/C12H20N4O2S/c1-3-16-10(13)9(11(17)15-12(16)18)14-7-5-4-6-8(7)19-2/h7-8,14H,3-6,13H2,1-2H3,(H,15,17,18). The number of aromatic amines is 1. The van der Waals surface area contributed by atoms with Crippen LogP contribution in [0.25, 0.3) is 0 Å². The highest BCUT2D eigenvalue weighted by molar-refractivity contribution is 7.99. The average Bonchev–Trinajstić information content (AvgIpc) is 2.82. The highest BCUT2D eigenvalue weighted by atomic mass is 32.2. The lowest BCUT2D eigenvalue weighted by Gasteiger charge is -2.21. The fourth-order valence-corrected chi connectivity index (χ4v) is 3.53. The van der Waals surface area contributed by atoms with Gasteiger partial charge in [0.2, 0.25) is 0 Å². The van der Waals surface area contributed by atoms with Crippen LogP contribution in [0.1, 0.15) is 26.2 Å². The Morgan fingerprint density at radius 1 is 1.47 bits per heavy atom. The molecule has 0 aliphatic heterocycles. The van der Waals surface area contributed by atoms with Gasteiger partial charge in [0.05, 0.1) is 0 Å². The van der Waals surface area contributed by atoms with Gasteiger partial charge in [-0.2, -0.15) is 11.8 Å². The summed E-state index contributed by atoms with van der Waals surface area (Å²) in [5.74, 6) is 0.225. The van der Waals surface area contributed by atoms with Crippen molar-refractivity contribution in [2.24, 2.45) is 0 Å². The summed E-state index contributed by atoms with van der Waals surface area (Å²) >= 11 is 1.80. The monoisotopic (exact) mass is 284 g/mol. The molecule has 2 unspecified atom stereocenters. The Hall–Kier alpha value is -1.37. The van der Waals surface area contributed by atoms with E-state index in [4.69, 9.17) is 5.73 Å². The van der Waals surface area contributed by atoms with Gasteiger partial charge in [-0.05, 0) is 26.0 Å². The molecule has 4 N–H and O–H groups in total. The minimum absolute atomic E-state index is 0.225. The van der Waals surface area contributed by atoms with Crippen molar-refractivity contribution in [3.05, 3.63) is 20.8 Å². The summed E-state index contributed by atoms with van der Waals surface area (Å²) in [6, 6.07) is 0.237. The highest BCUT2D eigenvalue weighted by Gasteiger charge is 2.28. The van der Waals surface area contributed by atoms with Crippen molar-refractivity contribution in [1.29, 1.82) is 0 Å². The number of nitrogen functional groups attached to an aromatic ring is 1. The molecule has 19 heavy (non-hydrogen) atoms. The summed E-state index contributed by atoms with van der Waals surface area (Å²) in [5, 5.41) is 3.72. The summed E-state index contributed by atoms with van der Waals surface area (Å²) in [6.07, 6.45) is 5.39. The Bertz CT molecular complexity index is 566. The van der Waals surface area contributed by atoms with Gasteiger partial charge in [0, 0.05) is 17.8 Å². The fourth-order valence-electron chi connectivity index (χ4n) is 2.60. The van der Waals surface area contributed by atoms with E-state index in [1.165, 1.54) is 4.57 Å². The van der Waals surface area contributed by atoms with E-state index in [2.05, 4.69) is 16.6 Å². The molecule has 0 spiro atoms. The van der Waals surface area contributed by atoms with Crippen LogP contribution in [-0.2, 0) is 6.54 Å². The number of nitrogens with two attached hydrogens (primary N) is 1. The molecular weight excluding hydrogens is 264 g/mol. The van der Waals surface area contributed by atoms with Crippen molar-refractivity contribution in [1.82, 2.24) is 9.55 Å². The SMILES string of the molecule is CCn1c(N)c(NC2CCCC2SC)c(=O)[nH]c1=O. The first-order chi connectivity index (χ1) is 9.08. The van der Waals surface area contributed by atoms with E-state index in [-0.39, 0.29) is 11.9 Å². The number of anilines is 2. The van der Waals surface area contributed by atoms with Crippen molar-refractivity contribution in [2.75, 3.05) is 17.3 Å². The third-order valence-corrected chi connectivity index (χ3v) is 4.81. The Morgan fingerprint density at radius 2 is 2.21 bits per heavy atom. The molecule has 6 nitrogen and oxygen atoms in total. The third kappa shape index (κ3) is 2.65. The van der Waals surface area contributed by atoms with E-state index < -0.39 is 11.2 Å². The molecule has 0 saturated heterocycles. The Kier molecular flexibility index (Phi) is 4.24. The summed E-state index contributed by atoms with van der Waals surface area (Å²) in [4.78, 5) is 25.8. The average molecular weight is 284 g/mol. The number of thioether (sulfide) groups is 1. The van der Waals surface area contributed by atoms with Gasteiger partial charge in [-0.1, -0.05) is 6.42 Å². The quantitative estimate of drug-likeness (QED) is 0.761. The maximum atomic E-state index is 11.9. The lowest BCUT2D eigenvalue weighted by Crippen LogP contribution is -2.36. The molecule has 1 aromatic rings. The molecule has 0 radical (unpaired) electrons. The highest BCUT2D eigenvalue weighted by Crippen LogP contribution is 2.30. The van der Waals surface area contributed by atoms with Crippen LogP contribution in [-0.4, -0.2) is 27.1 Å². The number of hydrogen-bond acceptors (Lipinski definition) is 5. The molecule has 1 heterocycles. The normalized spacial score (nSPS) is 22.6. The molecule has 7 heteroatoms. The number of H-pyrrole nitrogens is 1. The summed E-state index contributed by atoms with van der Waals surface area (Å²) < 4.78 is 1.37. The van der Waals surface area contributed by atoms with Crippen LogP contribution in [0.15, 0.2) is 9.59 Å². The third-order valence-electron chi connectivity index (χ3n) is 3.64. The van der Waals surface area contributed by atoms with Crippen molar-refractivity contribution in [3.8, 4) is 0 Å². The summed E-state index contributed by atoms with van der Waals surface area (Å²) in [6.45, 7) is 2.26. The van der Waals surface area contributed by atoms with Crippen molar-refractivity contribution in [2.45, 2.75) is 44.0 Å². The van der Waals surface area contributed by atoms with Gasteiger partial charge in [0.1, 0.15) is 11.5 Å². The molecule has 1 aliphatic rings. The fraction of sp³-hybridized carbons (Fsp3) is 0.667. The molecular formula is C12H20N4O2S. The zero-order valence-electron chi connectivity index (χ0n) is 11.2. The van der Waals surface area contributed by atoms with Crippen LogP contribution in [0.2, 0.25) is 0 Å². The van der Waals surface area contributed by atoms with Gasteiger partial charge in [-0.3, -0.25) is 14.3 Å². The number of rotatable bonds is 4. The molecule has 0 amide bonds. The number of hydrogen-bond donors (Lipinski definition) is 3. The van der Waals surface area contributed by atoms with E-state index in [1.54, 1.807) is 11.8 Å². The first-order valence-corrected chi connectivity index (χ1v) is 7.79. The number of nitrogens with one attached hydrogen (secondary N) is 2.